The molecule has 0 aromatic heterocycles. The Morgan fingerprint density at radius 1 is 0.864 bits per heavy atom. The van der Waals surface area contributed by atoms with E-state index < -0.39 is 5.41 Å². The highest BCUT2D eigenvalue weighted by Gasteiger charge is 2.48. The first-order chi connectivity index (χ1) is 10.0. The third-order valence-electron chi connectivity index (χ3n) is 4.67. The van der Waals surface area contributed by atoms with Crippen LogP contribution in [0.5, 0.6) is 0 Å². The number of Topliss-reactive ketones (excluding diaryl/α,β-unsaturated/α-hetero) is 1. The van der Waals surface area contributed by atoms with Crippen LogP contribution in [0.3, 0.4) is 0 Å². The zero-order valence-electron chi connectivity index (χ0n) is 13.1. The molecule has 0 amide bonds. The lowest BCUT2D eigenvalue weighted by atomic mass is 9.67. The second kappa shape index (κ2) is 6.35. The molecule has 1 heterocycles. The molecular formula is C19H22BrNO. The van der Waals surface area contributed by atoms with Crippen molar-refractivity contribution in [2.24, 2.45) is 0 Å². The molecule has 2 aromatic rings. The summed E-state index contributed by atoms with van der Waals surface area (Å²) in [6, 6.07) is 20.5. The van der Waals surface area contributed by atoms with E-state index in [1.165, 1.54) is 0 Å². The van der Waals surface area contributed by atoms with Crippen molar-refractivity contribution in [2.45, 2.75) is 11.8 Å². The lowest BCUT2D eigenvalue weighted by Crippen LogP contribution is -3.00. The maximum atomic E-state index is 13.1. The average molecular weight is 360 g/mol. The largest absolute Gasteiger partial charge is 1.00 e. The molecule has 0 spiro atoms. The summed E-state index contributed by atoms with van der Waals surface area (Å²) < 4.78 is 0.778. The monoisotopic (exact) mass is 359 g/mol. The maximum Gasteiger partial charge on any atom is 0.201 e. The minimum absolute atomic E-state index is 0. The molecule has 2 aromatic carbocycles. The van der Waals surface area contributed by atoms with Gasteiger partial charge in [0.1, 0.15) is 6.54 Å². The predicted molar refractivity (Wildman–Crippen MR) is 85.1 cm³/mol. The molecule has 0 atom stereocenters. The first-order valence-electron chi connectivity index (χ1n) is 7.51. The van der Waals surface area contributed by atoms with Gasteiger partial charge in [-0.05, 0) is 11.1 Å². The Morgan fingerprint density at radius 2 is 1.32 bits per heavy atom. The molecule has 0 saturated carbocycles. The Hall–Kier alpha value is -1.45. The van der Waals surface area contributed by atoms with E-state index in [2.05, 4.69) is 38.4 Å². The highest BCUT2D eigenvalue weighted by Crippen LogP contribution is 2.40. The van der Waals surface area contributed by atoms with E-state index in [0.29, 0.717) is 12.3 Å². The molecule has 1 saturated heterocycles. The van der Waals surface area contributed by atoms with Gasteiger partial charge in [0.15, 0.2) is 0 Å². The van der Waals surface area contributed by atoms with Gasteiger partial charge in [0, 0.05) is 6.42 Å². The summed E-state index contributed by atoms with van der Waals surface area (Å²) in [7, 11) is 4.27. The number of quaternary nitrogens is 1. The summed E-state index contributed by atoms with van der Waals surface area (Å²) in [4.78, 5) is 13.1. The summed E-state index contributed by atoms with van der Waals surface area (Å²) in [5.74, 6) is 0.330. The summed E-state index contributed by atoms with van der Waals surface area (Å²) >= 11 is 0. The molecule has 1 aliphatic heterocycles. The third-order valence-corrected chi connectivity index (χ3v) is 4.67. The maximum absolute atomic E-state index is 13.1. The van der Waals surface area contributed by atoms with Crippen LogP contribution < -0.4 is 17.0 Å². The number of piperidine rings is 1. The fourth-order valence-electron chi connectivity index (χ4n) is 3.44. The molecule has 1 aliphatic rings. The molecule has 116 valence electrons. The van der Waals surface area contributed by atoms with Gasteiger partial charge < -0.3 is 21.5 Å². The van der Waals surface area contributed by atoms with Crippen LogP contribution in [0.15, 0.2) is 60.7 Å². The fourth-order valence-corrected chi connectivity index (χ4v) is 3.44. The molecule has 22 heavy (non-hydrogen) atoms. The van der Waals surface area contributed by atoms with E-state index in [0.717, 1.165) is 28.6 Å². The highest BCUT2D eigenvalue weighted by atomic mass is 79.9. The van der Waals surface area contributed by atoms with Crippen LogP contribution in [0.4, 0.5) is 0 Å². The normalized spacial score (nSPS) is 19.3. The van der Waals surface area contributed by atoms with Crippen LogP contribution in [-0.4, -0.2) is 37.5 Å². The molecule has 3 rings (SSSR count). The quantitative estimate of drug-likeness (QED) is 0.691. The summed E-state index contributed by atoms with van der Waals surface area (Å²) in [6.45, 7) is 1.60. The van der Waals surface area contributed by atoms with Crippen LogP contribution in [-0.2, 0) is 10.2 Å². The van der Waals surface area contributed by atoms with Gasteiger partial charge in [-0.15, -0.1) is 0 Å². The minimum Gasteiger partial charge on any atom is -1.00 e. The average Bonchev–Trinajstić information content (AvgIpc) is 2.49. The first-order valence-corrected chi connectivity index (χ1v) is 7.51. The van der Waals surface area contributed by atoms with Gasteiger partial charge >= 0.3 is 0 Å². The molecule has 1 fully saturated rings. The van der Waals surface area contributed by atoms with Crippen molar-refractivity contribution in [1.82, 2.24) is 0 Å². The zero-order valence-corrected chi connectivity index (χ0v) is 14.7. The Morgan fingerprint density at radius 3 is 1.73 bits per heavy atom. The molecule has 0 N–H and O–H groups in total. The Bertz CT molecular complexity index is 597. The number of hydrogen-bond donors (Lipinski definition) is 0. The number of likely N-dealkylation sites (tertiary alicyclic amines) is 1. The number of nitrogens with zero attached hydrogens (tertiary/aromatic N) is 1. The molecule has 0 radical (unpaired) electrons. The van der Waals surface area contributed by atoms with Crippen LogP contribution in [0, 0.1) is 0 Å². The second-order valence-corrected chi connectivity index (χ2v) is 6.63. The van der Waals surface area contributed by atoms with Crippen molar-refractivity contribution < 1.29 is 26.3 Å². The van der Waals surface area contributed by atoms with Crippen molar-refractivity contribution in [3.05, 3.63) is 71.8 Å². The number of ketones is 1. The van der Waals surface area contributed by atoms with Gasteiger partial charge in [-0.1, -0.05) is 60.7 Å². The first kappa shape index (κ1) is 16.9. The van der Waals surface area contributed by atoms with Gasteiger partial charge in [0.25, 0.3) is 0 Å². The van der Waals surface area contributed by atoms with E-state index >= 15 is 0 Å². The van der Waals surface area contributed by atoms with Gasteiger partial charge in [0.05, 0.1) is 26.1 Å². The second-order valence-electron chi connectivity index (χ2n) is 6.63. The van der Waals surface area contributed by atoms with E-state index in [9.17, 15) is 4.79 Å². The topological polar surface area (TPSA) is 17.1 Å². The van der Waals surface area contributed by atoms with Crippen LogP contribution in [0.2, 0.25) is 0 Å². The molecule has 0 aliphatic carbocycles. The van der Waals surface area contributed by atoms with Gasteiger partial charge in [-0.25, -0.2) is 0 Å². The number of carbonyl (C=O) groups excluding carboxylic acids is 1. The Labute approximate surface area is 143 Å². The standard InChI is InChI=1S/C19H22NO.BrH/c1-20(2)14-13-19(18(21)15-20,16-9-5-3-6-10-16)17-11-7-4-8-12-17;/h3-12H,13-15H2,1-2H3;1H/q+1;/p-1. The van der Waals surface area contributed by atoms with E-state index in [4.69, 9.17) is 0 Å². The molecule has 2 nitrogen and oxygen atoms in total. The van der Waals surface area contributed by atoms with Crippen LogP contribution in [0.1, 0.15) is 17.5 Å². The number of halogens is 1. The molecule has 0 bridgehead atoms. The Kier molecular flexibility index (Phi) is 4.88. The number of benzene rings is 2. The lowest BCUT2D eigenvalue weighted by Gasteiger charge is -2.43. The smallest absolute Gasteiger partial charge is 0.201 e. The number of carbonyl (C=O) groups is 1. The molecule has 0 unspecified atom stereocenters. The van der Waals surface area contributed by atoms with Crippen LogP contribution >= 0.6 is 0 Å². The van der Waals surface area contributed by atoms with Gasteiger partial charge in [-0.3, -0.25) is 4.79 Å². The SMILES string of the molecule is C[N+]1(C)CCC(c2ccccc2)(c2ccccc2)C(=O)C1.[Br-]. The molecule has 3 heteroatoms. The predicted octanol–water partition coefficient (Wildman–Crippen LogP) is 0.0259. The zero-order chi connectivity index (χ0) is 14.9. The van der Waals surface area contributed by atoms with Crippen LogP contribution in [0.25, 0.3) is 0 Å². The minimum atomic E-state index is -0.476. The van der Waals surface area contributed by atoms with Crippen molar-refractivity contribution in [1.29, 1.82) is 0 Å². The van der Waals surface area contributed by atoms with Gasteiger partial charge in [0.2, 0.25) is 5.78 Å². The van der Waals surface area contributed by atoms with Crippen molar-refractivity contribution in [2.75, 3.05) is 27.2 Å². The summed E-state index contributed by atoms with van der Waals surface area (Å²) in [6.07, 6.45) is 0.868. The van der Waals surface area contributed by atoms with E-state index in [1.54, 1.807) is 0 Å². The molecular weight excluding hydrogens is 338 g/mol. The third kappa shape index (κ3) is 2.88. The van der Waals surface area contributed by atoms with Crippen molar-refractivity contribution >= 4 is 5.78 Å². The number of hydrogen-bond acceptors (Lipinski definition) is 1. The lowest BCUT2D eigenvalue weighted by molar-refractivity contribution is -0.885. The summed E-state index contributed by atoms with van der Waals surface area (Å²) in [5.41, 5.74) is 1.78. The van der Waals surface area contributed by atoms with Crippen molar-refractivity contribution in [3.63, 3.8) is 0 Å². The fraction of sp³-hybridized carbons (Fsp3) is 0.316. The van der Waals surface area contributed by atoms with Crippen molar-refractivity contribution in [3.8, 4) is 0 Å². The van der Waals surface area contributed by atoms with Gasteiger partial charge in [-0.2, -0.15) is 0 Å². The summed E-state index contributed by atoms with van der Waals surface area (Å²) in [5, 5.41) is 0. The van der Waals surface area contributed by atoms with E-state index in [-0.39, 0.29) is 17.0 Å². The number of likely N-dealkylation sites (N-methyl/N-ethyl adjacent to an activating group) is 1. The Balaban J connectivity index is 0.00000176. The highest BCUT2D eigenvalue weighted by molar-refractivity contribution is 5.95. The number of rotatable bonds is 2. The van der Waals surface area contributed by atoms with E-state index in [1.807, 2.05) is 36.4 Å².